The normalized spacial score (nSPS) is 10.5. The Hall–Kier alpha value is -1.59. The zero-order chi connectivity index (χ0) is 14.4. The number of rotatable bonds is 6. The van der Waals surface area contributed by atoms with Gasteiger partial charge in [-0.05, 0) is 23.8 Å². The summed E-state index contributed by atoms with van der Waals surface area (Å²) in [4.78, 5) is 12.2. The van der Waals surface area contributed by atoms with Gasteiger partial charge in [0.15, 0.2) is 0 Å². The minimum Gasteiger partial charge on any atom is -0.383 e. The Morgan fingerprint density at radius 1 is 1.30 bits per heavy atom. The molecule has 0 saturated carbocycles. The lowest BCUT2D eigenvalue weighted by molar-refractivity contribution is 0.0939. The zero-order valence-electron chi connectivity index (χ0n) is 11.3. The maximum absolute atomic E-state index is 12.2. The molecule has 1 aromatic heterocycles. The van der Waals surface area contributed by atoms with E-state index in [4.69, 9.17) is 4.74 Å². The van der Waals surface area contributed by atoms with Gasteiger partial charge in [-0.3, -0.25) is 4.79 Å². The molecule has 0 saturated heterocycles. The Morgan fingerprint density at radius 2 is 2.10 bits per heavy atom. The Labute approximate surface area is 126 Å². The second-order valence-electron chi connectivity index (χ2n) is 4.35. The fraction of sp³-hybridized carbons (Fsp3) is 0.267. The first-order chi connectivity index (χ1) is 9.72. The first-order valence-electron chi connectivity index (χ1n) is 6.38. The summed E-state index contributed by atoms with van der Waals surface area (Å²) in [6, 6.07) is 11.5. The van der Waals surface area contributed by atoms with Crippen LogP contribution >= 0.6 is 15.9 Å². The summed E-state index contributed by atoms with van der Waals surface area (Å²) < 4.78 is 7.92. The lowest BCUT2D eigenvalue weighted by Gasteiger charge is -2.10. The summed E-state index contributed by atoms with van der Waals surface area (Å²) in [6.45, 7) is 1.75. The molecule has 1 amide bonds. The average molecular weight is 337 g/mol. The molecule has 0 fully saturated rings. The van der Waals surface area contributed by atoms with Crippen molar-refractivity contribution >= 4 is 21.8 Å². The van der Waals surface area contributed by atoms with Crippen molar-refractivity contribution in [1.29, 1.82) is 0 Å². The van der Waals surface area contributed by atoms with Crippen LogP contribution in [0.15, 0.2) is 47.1 Å². The van der Waals surface area contributed by atoms with Gasteiger partial charge in [0.25, 0.3) is 5.91 Å². The number of nitrogens with zero attached hydrogens (tertiary/aromatic N) is 1. The van der Waals surface area contributed by atoms with Crippen molar-refractivity contribution in [3.05, 3.63) is 58.3 Å². The molecule has 0 unspecified atom stereocenters. The summed E-state index contributed by atoms with van der Waals surface area (Å²) in [7, 11) is 1.65. The van der Waals surface area contributed by atoms with Crippen molar-refractivity contribution in [2.45, 2.75) is 13.1 Å². The molecule has 1 N–H and O–H groups in total. The summed E-state index contributed by atoms with van der Waals surface area (Å²) in [5, 5.41) is 2.93. The molecule has 0 aliphatic carbocycles. The van der Waals surface area contributed by atoms with Crippen LogP contribution in [0.5, 0.6) is 0 Å². The lowest BCUT2D eigenvalue weighted by atomic mass is 10.2. The molecule has 1 heterocycles. The molecule has 0 bridgehead atoms. The van der Waals surface area contributed by atoms with E-state index in [2.05, 4.69) is 21.2 Å². The number of hydrogen-bond acceptors (Lipinski definition) is 2. The van der Waals surface area contributed by atoms with Gasteiger partial charge in [-0.15, -0.1) is 0 Å². The second kappa shape index (κ2) is 7.26. The van der Waals surface area contributed by atoms with Crippen LogP contribution < -0.4 is 5.32 Å². The van der Waals surface area contributed by atoms with E-state index in [1.165, 1.54) is 0 Å². The smallest absolute Gasteiger partial charge is 0.268 e. The van der Waals surface area contributed by atoms with Crippen molar-refractivity contribution in [3.8, 4) is 0 Å². The molecule has 0 spiro atoms. The molecule has 2 aromatic rings. The molecule has 5 heteroatoms. The molecular formula is C15H17BrN2O2. The van der Waals surface area contributed by atoms with Crippen LogP contribution in [-0.2, 0) is 17.8 Å². The number of hydrogen-bond donors (Lipinski definition) is 1. The third-order valence-electron chi connectivity index (χ3n) is 3.00. The van der Waals surface area contributed by atoms with Gasteiger partial charge >= 0.3 is 0 Å². The van der Waals surface area contributed by atoms with Crippen LogP contribution in [0.4, 0.5) is 0 Å². The number of ether oxygens (including phenoxy) is 1. The number of carbonyl (C=O) groups is 1. The highest BCUT2D eigenvalue weighted by molar-refractivity contribution is 9.10. The minimum atomic E-state index is -0.0816. The maximum atomic E-state index is 12.2. The highest BCUT2D eigenvalue weighted by Gasteiger charge is 2.10. The number of methoxy groups -OCH3 is 1. The predicted molar refractivity (Wildman–Crippen MR) is 81.6 cm³/mol. The Bertz CT molecular complexity index is 581. The summed E-state index contributed by atoms with van der Waals surface area (Å²) in [5.41, 5.74) is 1.70. The predicted octanol–water partition coefficient (Wildman–Crippen LogP) is 2.83. The van der Waals surface area contributed by atoms with Crippen LogP contribution in [0.2, 0.25) is 0 Å². The maximum Gasteiger partial charge on any atom is 0.268 e. The van der Waals surface area contributed by atoms with Gasteiger partial charge in [-0.25, -0.2) is 0 Å². The van der Waals surface area contributed by atoms with Crippen molar-refractivity contribution in [2.24, 2.45) is 0 Å². The number of aromatic nitrogens is 1. The third-order valence-corrected chi connectivity index (χ3v) is 3.77. The van der Waals surface area contributed by atoms with E-state index < -0.39 is 0 Å². The van der Waals surface area contributed by atoms with Gasteiger partial charge in [-0.2, -0.15) is 0 Å². The fourth-order valence-corrected chi connectivity index (χ4v) is 2.34. The quantitative estimate of drug-likeness (QED) is 0.881. The molecule has 0 aliphatic heterocycles. The molecule has 2 rings (SSSR count). The molecule has 0 atom stereocenters. The summed E-state index contributed by atoms with van der Waals surface area (Å²) >= 11 is 3.47. The van der Waals surface area contributed by atoms with Crippen molar-refractivity contribution in [1.82, 2.24) is 9.88 Å². The van der Waals surface area contributed by atoms with Crippen molar-refractivity contribution < 1.29 is 9.53 Å². The highest BCUT2D eigenvalue weighted by atomic mass is 79.9. The summed E-state index contributed by atoms with van der Waals surface area (Å²) in [5.74, 6) is -0.0816. The second-order valence-corrected chi connectivity index (χ2v) is 5.21. The van der Waals surface area contributed by atoms with Gasteiger partial charge in [0.1, 0.15) is 5.69 Å². The number of benzene rings is 1. The van der Waals surface area contributed by atoms with Crippen LogP contribution in [-0.4, -0.2) is 24.2 Å². The average Bonchev–Trinajstić information content (AvgIpc) is 2.92. The van der Waals surface area contributed by atoms with Gasteiger partial charge in [0, 0.05) is 30.9 Å². The molecule has 4 nitrogen and oxygen atoms in total. The van der Waals surface area contributed by atoms with Crippen molar-refractivity contribution in [3.63, 3.8) is 0 Å². The molecular weight excluding hydrogens is 320 g/mol. The van der Waals surface area contributed by atoms with Crippen molar-refractivity contribution in [2.75, 3.05) is 13.7 Å². The summed E-state index contributed by atoms with van der Waals surface area (Å²) in [6.07, 6.45) is 1.88. The van der Waals surface area contributed by atoms with E-state index in [0.717, 1.165) is 10.0 Å². The zero-order valence-corrected chi connectivity index (χ0v) is 12.9. The first-order valence-corrected chi connectivity index (χ1v) is 7.17. The highest BCUT2D eigenvalue weighted by Crippen LogP contribution is 2.15. The SMILES string of the molecule is COCCn1cccc1C(=O)NCc1ccccc1Br. The molecule has 0 radical (unpaired) electrons. The Kier molecular flexibility index (Phi) is 5.38. The Morgan fingerprint density at radius 3 is 2.85 bits per heavy atom. The van der Waals surface area contributed by atoms with Crippen LogP contribution in [0.1, 0.15) is 16.1 Å². The number of nitrogens with one attached hydrogen (secondary N) is 1. The fourth-order valence-electron chi connectivity index (χ4n) is 1.91. The van der Waals surface area contributed by atoms with Crippen LogP contribution in [0.25, 0.3) is 0 Å². The van der Waals surface area contributed by atoms with Gasteiger partial charge in [0.05, 0.1) is 6.61 Å². The number of carbonyl (C=O) groups excluding carboxylic acids is 1. The molecule has 106 valence electrons. The van der Waals surface area contributed by atoms with Crippen LogP contribution in [0.3, 0.4) is 0 Å². The topological polar surface area (TPSA) is 43.3 Å². The number of amides is 1. The van der Waals surface area contributed by atoms with E-state index in [0.29, 0.717) is 25.4 Å². The monoisotopic (exact) mass is 336 g/mol. The van der Waals surface area contributed by atoms with E-state index in [9.17, 15) is 4.79 Å². The molecule has 20 heavy (non-hydrogen) atoms. The Balaban J connectivity index is 1.99. The van der Waals surface area contributed by atoms with Gasteiger partial charge < -0.3 is 14.6 Å². The minimum absolute atomic E-state index is 0.0816. The lowest BCUT2D eigenvalue weighted by Crippen LogP contribution is -2.26. The first kappa shape index (κ1) is 14.8. The van der Waals surface area contributed by atoms with E-state index in [1.807, 2.05) is 47.2 Å². The van der Waals surface area contributed by atoms with Gasteiger partial charge in [0.2, 0.25) is 0 Å². The van der Waals surface area contributed by atoms with E-state index in [-0.39, 0.29) is 5.91 Å². The molecule has 1 aromatic carbocycles. The van der Waals surface area contributed by atoms with E-state index in [1.54, 1.807) is 7.11 Å². The molecule has 0 aliphatic rings. The standard InChI is InChI=1S/C15H17BrN2O2/c1-20-10-9-18-8-4-7-14(18)15(19)17-11-12-5-2-3-6-13(12)16/h2-8H,9-11H2,1H3,(H,17,19). The van der Waals surface area contributed by atoms with Gasteiger partial charge in [-0.1, -0.05) is 34.1 Å². The van der Waals surface area contributed by atoms with Crippen LogP contribution in [0, 0.1) is 0 Å². The largest absolute Gasteiger partial charge is 0.383 e. The third kappa shape index (κ3) is 3.71. The van der Waals surface area contributed by atoms with E-state index >= 15 is 0 Å². The number of halogens is 1.